The molecule has 0 spiro atoms. The van der Waals surface area contributed by atoms with Crippen LogP contribution in [0.1, 0.15) is 49.5 Å². The zero-order valence-electron chi connectivity index (χ0n) is 13.1. The van der Waals surface area contributed by atoms with E-state index in [1.807, 2.05) is 0 Å². The number of carbonyl (C=O) groups is 1. The molecule has 0 radical (unpaired) electrons. The molecule has 0 aliphatic carbocycles. The van der Waals surface area contributed by atoms with Gasteiger partial charge in [-0.2, -0.15) is 0 Å². The Bertz CT molecular complexity index is 445. The molecule has 0 saturated carbocycles. The van der Waals surface area contributed by atoms with Crippen molar-refractivity contribution in [2.24, 2.45) is 5.92 Å². The molecule has 3 heteroatoms. The predicted molar refractivity (Wildman–Crippen MR) is 81.7 cm³/mol. The third-order valence-corrected chi connectivity index (χ3v) is 3.86. The van der Waals surface area contributed by atoms with Crippen LogP contribution in [0.3, 0.4) is 0 Å². The summed E-state index contributed by atoms with van der Waals surface area (Å²) in [7, 11) is 0. The van der Waals surface area contributed by atoms with E-state index in [9.17, 15) is 9.18 Å². The van der Waals surface area contributed by atoms with E-state index in [0.717, 1.165) is 26.1 Å². The number of halogens is 1. The second-order valence-electron chi connectivity index (χ2n) is 5.54. The topological polar surface area (TPSA) is 20.3 Å². The summed E-state index contributed by atoms with van der Waals surface area (Å²) in [5.41, 5.74) is 1.06. The SMILES string of the molecule is CCC(C)CN(CC)CCC(=O)c1ccc(C)c(F)c1. The predicted octanol–water partition coefficient (Wildman–Crippen LogP) is 4.07. The van der Waals surface area contributed by atoms with Gasteiger partial charge in [0.15, 0.2) is 5.78 Å². The van der Waals surface area contributed by atoms with Crippen LogP contribution >= 0.6 is 0 Å². The van der Waals surface area contributed by atoms with Gasteiger partial charge in [0.2, 0.25) is 0 Å². The van der Waals surface area contributed by atoms with Crippen LogP contribution in [0.4, 0.5) is 4.39 Å². The lowest BCUT2D eigenvalue weighted by Gasteiger charge is -2.23. The largest absolute Gasteiger partial charge is 0.303 e. The van der Waals surface area contributed by atoms with Crippen molar-refractivity contribution in [2.75, 3.05) is 19.6 Å². The monoisotopic (exact) mass is 279 g/mol. The quantitative estimate of drug-likeness (QED) is 0.668. The second-order valence-corrected chi connectivity index (χ2v) is 5.54. The van der Waals surface area contributed by atoms with Crippen molar-refractivity contribution < 1.29 is 9.18 Å². The maximum Gasteiger partial charge on any atom is 0.164 e. The van der Waals surface area contributed by atoms with Crippen LogP contribution in [0.2, 0.25) is 0 Å². The highest BCUT2D eigenvalue weighted by molar-refractivity contribution is 5.96. The molecule has 1 aromatic rings. The molecular weight excluding hydrogens is 253 g/mol. The first-order valence-corrected chi connectivity index (χ1v) is 7.49. The molecule has 1 unspecified atom stereocenters. The molecule has 1 atom stereocenters. The fourth-order valence-electron chi connectivity index (χ4n) is 2.12. The van der Waals surface area contributed by atoms with Crippen molar-refractivity contribution in [1.29, 1.82) is 0 Å². The van der Waals surface area contributed by atoms with Gasteiger partial charge in [-0.25, -0.2) is 4.39 Å². The van der Waals surface area contributed by atoms with Crippen molar-refractivity contribution in [3.05, 3.63) is 35.1 Å². The van der Waals surface area contributed by atoms with Crippen LogP contribution < -0.4 is 0 Å². The first kappa shape index (κ1) is 16.8. The van der Waals surface area contributed by atoms with Crippen molar-refractivity contribution >= 4 is 5.78 Å². The standard InChI is InChI=1S/C17H26FNO/c1-5-13(3)12-19(6-2)10-9-17(20)15-8-7-14(4)16(18)11-15/h7-8,11,13H,5-6,9-10,12H2,1-4H3. The van der Waals surface area contributed by atoms with Gasteiger partial charge in [-0.1, -0.05) is 39.3 Å². The Morgan fingerprint density at radius 2 is 2.05 bits per heavy atom. The highest BCUT2D eigenvalue weighted by atomic mass is 19.1. The van der Waals surface area contributed by atoms with E-state index < -0.39 is 0 Å². The number of rotatable bonds is 8. The van der Waals surface area contributed by atoms with E-state index in [4.69, 9.17) is 0 Å². The molecule has 0 heterocycles. The molecule has 0 aliphatic heterocycles. The summed E-state index contributed by atoms with van der Waals surface area (Å²) >= 11 is 0. The zero-order valence-corrected chi connectivity index (χ0v) is 13.1. The lowest BCUT2D eigenvalue weighted by atomic mass is 10.0. The fourth-order valence-corrected chi connectivity index (χ4v) is 2.12. The van der Waals surface area contributed by atoms with Crippen molar-refractivity contribution in [3.63, 3.8) is 0 Å². The van der Waals surface area contributed by atoms with Gasteiger partial charge in [-0.15, -0.1) is 0 Å². The van der Waals surface area contributed by atoms with E-state index in [1.54, 1.807) is 19.1 Å². The molecule has 1 aromatic carbocycles. The molecule has 0 aliphatic rings. The van der Waals surface area contributed by atoms with E-state index in [-0.39, 0.29) is 11.6 Å². The van der Waals surface area contributed by atoms with Crippen LogP contribution in [0, 0.1) is 18.7 Å². The molecule has 0 aromatic heterocycles. The van der Waals surface area contributed by atoms with Crippen LogP contribution in [-0.2, 0) is 0 Å². The number of nitrogens with zero attached hydrogens (tertiary/aromatic N) is 1. The van der Waals surface area contributed by atoms with E-state index in [2.05, 4.69) is 25.7 Å². The molecule has 1 rings (SSSR count). The smallest absolute Gasteiger partial charge is 0.164 e. The Morgan fingerprint density at radius 3 is 2.60 bits per heavy atom. The summed E-state index contributed by atoms with van der Waals surface area (Å²) < 4.78 is 13.5. The molecule has 0 amide bonds. The van der Waals surface area contributed by atoms with Gasteiger partial charge in [-0.3, -0.25) is 4.79 Å². The number of hydrogen-bond acceptors (Lipinski definition) is 2. The molecular formula is C17H26FNO. The average Bonchev–Trinajstić information content (AvgIpc) is 2.45. The van der Waals surface area contributed by atoms with Gasteiger partial charge < -0.3 is 4.90 Å². The third kappa shape index (κ3) is 5.04. The molecule has 112 valence electrons. The molecule has 2 nitrogen and oxygen atoms in total. The highest BCUT2D eigenvalue weighted by Crippen LogP contribution is 2.12. The zero-order chi connectivity index (χ0) is 15.1. The molecule has 20 heavy (non-hydrogen) atoms. The maximum atomic E-state index is 13.5. The number of hydrogen-bond donors (Lipinski definition) is 0. The summed E-state index contributed by atoms with van der Waals surface area (Å²) in [6.45, 7) is 10.9. The Hall–Kier alpha value is -1.22. The molecule has 0 fully saturated rings. The molecule has 0 bridgehead atoms. The lowest BCUT2D eigenvalue weighted by Crippen LogP contribution is -2.30. The summed E-state index contributed by atoms with van der Waals surface area (Å²) in [6.07, 6.45) is 1.60. The number of benzene rings is 1. The van der Waals surface area contributed by atoms with Crippen LogP contribution in [-0.4, -0.2) is 30.3 Å². The maximum absolute atomic E-state index is 13.5. The minimum Gasteiger partial charge on any atom is -0.303 e. The normalized spacial score (nSPS) is 12.7. The van der Waals surface area contributed by atoms with Gasteiger partial charge in [0.25, 0.3) is 0 Å². The van der Waals surface area contributed by atoms with E-state index >= 15 is 0 Å². The Kier molecular flexibility index (Phi) is 6.86. The van der Waals surface area contributed by atoms with Crippen LogP contribution in [0.25, 0.3) is 0 Å². The average molecular weight is 279 g/mol. The number of ketones is 1. The van der Waals surface area contributed by atoms with Gasteiger partial charge >= 0.3 is 0 Å². The van der Waals surface area contributed by atoms with Crippen molar-refractivity contribution in [2.45, 2.75) is 40.5 Å². The van der Waals surface area contributed by atoms with Crippen LogP contribution in [0.15, 0.2) is 18.2 Å². The van der Waals surface area contributed by atoms with Crippen molar-refractivity contribution in [3.8, 4) is 0 Å². The third-order valence-electron chi connectivity index (χ3n) is 3.86. The summed E-state index contributed by atoms with van der Waals surface area (Å²) in [5, 5.41) is 0. The Balaban J connectivity index is 2.54. The molecule has 0 saturated heterocycles. The first-order chi connectivity index (χ1) is 9.47. The van der Waals surface area contributed by atoms with Gasteiger partial charge in [-0.05, 0) is 31.0 Å². The second kappa shape index (κ2) is 8.15. The Labute approximate surface area is 122 Å². The summed E-state index contributed by atoms with van der Waals surface area (Å²) in [4.78, 5) is 14.4. The lowest BCUT2D eigenvalue weighted by molar-refractivity contribution is 0.0961. The molecule has 0 N–H and O–H groups in total. The van der Waals surface area contributed by atoms with Gasteiger partial charge in [0, 0.05) is 25.1 Å². The van der Waals surface area contributed by atoms with E-state index in [1.165, 1.54) is 6.07 Å². The fraction of sp³-hybridized carbons (Fsp3) is 0.588. The minimum atomic E-state index is -0.303. The first-order valence-electron chi connectivity index (χ1n) is 7.49. The van der Waals surface area contributed by atoms with Gasteiger partial charge in [0.05, 0.1) is 0 Å². The minimum absolute atomic E-state index is 0.0199. The summed E-state index contributed by atoms with van der Waals surface area (Å²) in [6, 6.07) is 4.73. The van der Waals surface area contributed by atoms with Gasteiger partial charge in [0.1, 0.15) is 5.82 Å². The highest BCUT2D eigenvalue weighted by Gasteiger charge is 2.12. The Morgan fingerprint density at radius 1 is 1.35 bits per heavy atom. The summed E-state index contributed by atoms with van der Waals surface area (Å²) in [5.74, 6) is 0.358. The van der Waals surface area contributed by atoms with Crippen LogP contribution in [0.5, 0.6) is 0 Å². The van der Waals surface area contributed by atoms with Crippen molar-refractivity contribution in [1.82, 2.24) is 4.90 Å². The van der Waals surface area contributed by atoms with E-state index in [0.29, 0.717) is 23.5 Å². The number of carbonyl (C=O) groups excluding carboxylic acids is 1. The number of Topliss-reactive ketones (excluding diaryl/α,β-unsaturated/α-hetero) is 1. The number of aryl methyl sites for hydroxylation is 1.